The number of rotatable bonds is 0. The molecule has 0 aromatic carbocycles. The van der Waals surface area contributed by atoms with Crippen LogP contribution < -0.4 is 11.6 Å². The van der Waals surface area contributed by atoms with E-state index in [1.54, 1.807) is 6.21 Å². The van der Waals surface area contributed by atoms with E-state index in [1.165, 1.54) is 0 Å². The highest BCUT2D eigenvalue weighted by molar-refractivity contribution is 14.2. The maximum Gasteiger partial charge on any atom is 0.438 e. The van der Waals surface area contributed by atoms with Gasteiger partial charge in [0.1, 0.15) is 5.69 Å². The molecule has 0 saturated heterocycles. The quantitative estimate of drug-likeness (QED) is 0.513. The Morgan fingerprint density at radius 1 is 1.73 bits per heavy atom. The number of nitrogen functional groups attached to an aromatic ring is 1. The lowest BCUT2D eigenvalue weighted by molar-refractivity contribution is 0.496. The summed E-state index contributed by atoms with van der Waals surface area (Å²) in [7, 11) is 0. The summed E-state index contributed by atoms with van der Waals surface area (Å²) in [4.78, 5) is 10.8. The second-order valence-electron chi connectivity index (χ2n) is 1.92. The molecular weight excluding hydrogens is 261 g/mol. The molecular formula is C5H4IN3O2. The molecule has 0 spiro atoms. The fraction of sp³-hybridized carbons (Fsp3) is 0. The van der Waals surface area contributed by atoms with Gasteiger partial charge in [-0.15, -0.1) is 0 Å². The van der Waals surface area contributed by atoms with Crippen molar-refractivity contribution in [1.29, 1.82) is 0 Å². The zero-order valence-corrected chi connectivity index (χ0v) is 7.48. The Bertz CT molecular complexity index is 400. The van der Waals surface area contributed by atoms with Crippen LogP contribution in [-0.4, -0.2) is 14.9 Å². The van der Waals surface area contributed by atoms with Crippen LogP contribution in [0.1, 0.15) is 11.5 Å². The first-order chi connectivity index (χ1) is 5.29. The van der Waals surface area contributed by atoms with Gasteiger partial charge in [-0.05, 0) is 0 Å². The molecule has 5 nitrogen and oxygen atoms in total. The zero-order chi connectivity index (χ0) is 7.84. The molecule has 2 rings (SSSR count). The van der Waals surface area contributed by atoms with Gasteiger partial charge < -0.3 is 10.3 Å². The topological polar surface area (TPSA) is 73.5 Å². The van der Waals surface area contributed by atoms with Crippen LogP contribution in [0.3, 0.4) is 0 Å². The second kappa shape index (κ2) is 2.29. The molecule has 1 aromatic heterocycles. The van der Waals surface area contributed by atoms with E-state index in [-0.39, 0.29) is 21.0 Å². The van der Waals surface area contributed by atoms with Crippen molar-refractivity contribution in [2.45, 2.75) is 0 Å². The third-order valence-electron chi connectivity index (χ3n) is 1.28. The molecule has 0 saturated carbocycles. The smallest absolute Gasteiger partial charge is 0.406 e. The van der Waals surface area contributed by atoms with Crippen molar-refractivity contribution in [3.63, 3.8) is 0 Å². The fourth-order valence-electron chi connectivity index (χ4n) is 0.763. The van der Waals surface area contributed by atoms with E-state index < -0.39 is 5.76 Å². The molecule has 0 bridgehead atoms. The summed E-state index contributed by atoms with van der Waals surface area (Å²) in [5.41, 5.74) is 0.556. The maximum absolute atomic E-state index is 10.8. The lowest BCUT2D eigenvalue weighted by Gasteiger charge is -1.94. The van der Waals surface area contributed by atoms with E-state index in [9.17, 15) is 4.79 Å². The summed E-state index contributed by atoms with van der Waals surface area (Å²) in [6.07, 6.45) is 1.58. The number of fused-ring (bicyclic) bond motifs is 1. The third-order valence-corrected chi connectivity index (χ3v) is 2.73. The molecule has 0 atom stereocenters. The molecule has 1 aliphatic rings. The second-order valence-corrected chi connectivity index (χ2v) is 3.66. The molecule has 2 heterocycles. The van der Waals surface area contributed by atoms with Crippen LogP contribution in [0.15, 0.2) is 12.4 Å². The fourth-order valence-corrected chi connectivity index (χ4v) is 2.05. The van der Waals surface area contributed by atoms with Crippen LogP contribution in [0, 0.1) is 0 Å². The van der Waals surface area contributed by atoms with Crippen LogP contribution in [0.25, 0.3) is 0 Å². The minimum absolute atomic E-state index is 0.331. The Morgan fingerprint density at radius 2 is 2.55 bits per heavy atom. The van der Waals surface area contributed by atoms with Crippen molar-refractivity contribution >= 4 is 31.2 Å². The van der Waals surface area contributed by atoms with Crippen LogP contribution in [-0.2, 0) is 0 Å². The summed E-state index contributed by atoms with van der Waals surface area (Å²) in [5, 5.41) is 0. The number of oxazole rings is 1. The number of nitrogens with zero attached hydrogens (tertiary/aromatic N) is 2. The molecule has 0 amide bonds. The average Bonchev–Trinajstić information content (AvgIpc) is 2.30. The number of aromatic nitrogens is 1. The third kappa shape index (κ3) is 0.934. The van der Waals surface area contributed by atoms with Crippen molar-refractivity contribution in [2.24, 2.45) is 3.21 Å². The minimum atomic E-state index is -0.538. The van der Waals surface area contributed by atoms with Gasteiger partial charge in [0, 0.05) is 25.0 Å². The van der Waals surface area contributed by atoms with E-state index in [4.69, 9.17) is 10.3 Å². The van der Waals surface area contributed by atoms with Gasteiger partial charge in [-0.25, -0.2) is 8.00 Å². The summed E-state index contributed by atoms with van der Waals surface area (Å²) in [6, 6.07) is 0. The predicted octanol–water partition coefficient (Wildman–Crippen LogP) is -0.376. The molecule has 0 aliphatic carbocycles. The van der Waals surface area contributed by atoms with Gasteiger partial charge in [-0.1, -0.05) is 0 Å². The van der Waals surface area contributed by atoms with Gasteiger partial charge in [0.15, 0.2) is 5.76 Å². The van der Waals surface area contributed by atoms with Gasteiger partial charge in [-0.2, -0.15) is 4.68 Å². The summed E-state index contributed by atoms with van der Waals surface area (Å²) < 4.78 is 11.6. The average molecular weight is 265 g/mol. The van der Waals surface area contributed by atoms with E-state index in [2.05, 4.69) is 3.21 Å². The lowest BCUT2D eigenvalue weighted by Crippen LogP contribution is -2.24. The number of nitrogens with two attached hydrogens (primary N) is 1. The minimum Gasteiger partial charge on any atom is -0.406 e. The molecule has 0 radical (unpaired) electrons. The molecule has 1 aliphatic heterocycles. The Balaban J connectivity index is 2.81. The SMILES string of the molecule is Nn1c2c(oc1=O)C=IN=C2. The van der Waals surface area contributed by atoms with Crippen LogP contribution in [0.2, 0.25) is 0 Å². The van der Waals surface area contributed by atoms with E-state index in [0.29, 0.717) is 11.5 Å². The highest BCUT2D eigenvalue weighted by Crippen LogP contribution is 2.11. The number of hydrogen-bond donors (Lipinski definition) is 1. The van der Waals surface area contributed by atoms with Crippen molar-refractivity contribution in [1.82, 2.24) is 4.68 Å². The van der Waals surface area contributed by atoms with E-state index >= 15 is 0 Å². The van der Waals surface area contributed by atoms with Crippen LogP contribution in [0.5, 0.6) is 0 Å². The predicted molar refractivity (Wildman–Crippen MR) is 49.9 cm³/mol. The molecule has 1 aromatic rings. The summed E-state index contributed by atoms with van der Waals surface area (Å²) in [5.74, 6) is 5.35. The van der Waals surface area contributed by atoms with Crippen molar-refractivity contribution in [3.05, 3.63) is 22.0 Å². The van der Waals surface area contributed by atoms with Gasteiger partial charge in [0.05, 0.1) is 6.21 Å². The van der Waals surface area contributed by atoms with E-state index in [1.807, 2.05) is 4.01 Å². The van der Waals surface area contributed by atoms with Crippen molar-refractivity contribution < 1.29 is 4.42 Å². The number of halogens is 1. The Hall–Kier alpha value is -0.920. The highest BCUT2D eigenvalue weighted by Gasteiger charge is 2.12. The molecule has 58 valence electrons. The first-order valence-corrected chi connectivity index (χ1v) is 5.00. The Morgan fingerprint density at radius 3 is 3.27 bits per heavy atom. The van der Waals surface area contributed by atoms with Gasteiger partial charge >= 0.3 is 5.76 Å². The lowest BCUT2D eigenvalue weighted by atomic mass is 10.4. The molecule has 0 unspecified atom stereocenters. The Labute approximate surface area is 71.6 Å². The normalized spacial score (nSPS) is 14.2. The number of hydrogen-bond acceptors (Lipinski definition) is 4. The van der Waals surface area contributed by atoms with Gasteiger partial charge in [0.2, 0.25) is 0 Å². The summed E-state index contributed by atoms with van der Waals surface area (Å²) >= 11 is -0.331. The molecule has 2 N–H and O–H groups in total. The monoisotopic (exact) mass is 265 g/mol. The Kier molecular flexibility index (Phi) is 1.41. The van der Waals surface area contributed by atoms with Gasteiger partial charge in [-0.3, -0.25) is 0 Å². The largest absolute Gasteiger partial charge is 0.438 e. The molecule has 0 fully saturated rings. The maximum atomic E-state index is 10.8. The molecule has 6 heteroatoms. The summed E-state index contributed by atoms with van der Waals surface area (Å²) in [6.45, 7) is 0. The highest BCUT2D eigenvalue weighted by atomic mass is 127. The molecule has 11 heavy (non-hydrogen) atoms. The van der Waals surface area contributed by atoms with Crippen LogP contribution in [0.4, 0.5) is 0 Å². The van der Waals surface area contributed by atoms with E-state index in [0.717, 1.165) is 4.68 Å². The van der Waals surface area contributed by atoms with Crippen molar-refractivity contribution in [2.75, 3.05) is 5.84 Å². The van der Waals surface area contributed by atoms with Crippen molar-refractivity contribution in [3.8, 4) is 0 Å². The standard InChI is InChI=1S/C5H4IN3O2/c7-9-3-2-8-6-1-4(3)11-5(9)10/h1-2H,7H2. The first kappa shape index (κ1) is 6.77. The van der Waals surface area contributed by atoms with Crippen LogP contribution >= 0.6 is 21.0 Å². The zero-order valence-electron chi connectivity index (χ0n) is 5.32. The van der Waals surface area contributed by atoms with Gasteiger partial charge in [0.25, 0.3) is 0 Å². The first-order valence-electron chi connectivity index (χ1n) is 2.79.